The third kappa shape index (κ3) is 5.06. The maximum Gasteiger partial charge on any atom is 0.394 e. The normalized spacial score (nSPS) is 15.2. The van der Waals surface area contributed by atoms with Crippen molar-refractivity contribution >= 4 is 22.1 Å². The Labute approximate surface area is 139 Å². The molecule has 1 aliphatic rings. The minimum atomic E-state index is -4.67. The molecule has 1 aliphatic heterocycles. The van der Waals surface area contributed by atoms with E-state index in [1.54, 1.807) is 4.52 Å². The second kappa shape index (κ2) is 7.79. The lowest BCUT2D eigenvalue weighted by molar-refractivity contribution is 0.121. The van der Waals surface area contributed by atoms with E-state index in [9.17, 15) is 0 Å². The van der Waals surface area contributed by atoms with Gasteiger partial charge in [-0.05, 0) is 0 Å². The van der Waals surface area contributed by atoms with Crippen molar-refractivity contribution in [3.8, 4) is 0 Å². The zero-order valence-electron chi connectivity index (χ0n) is 13.5. The van der Waals surface area contributed by atoms with Crippen molar-refractivity contribution < 1.29 is 22.3 Å². The third-order valence-corrected chi connectivity index (χ3v) is 3.21. The summed E-state index contributed by atoms with van der Waals surface area (Å²) in [7, 11) is -4.67. The summed E-state index contributed by atoms with van der Waals surface area (Å²) in [6, 6.07) is 0. The highest BCUT2D eigenvalue weighted by molar-refractivity contribution is 7.79. The third-order valence-electron chi connectivity index (χ3n) is 3.21. The molecule has 2 aromatic heterocycles. The lowest BCUT2D eigenvalue weighted by atomic mass is 10.4. The van der Waals surface area contributed by atoms with Crippen LogP contribution in [0.3, 0.4) is 0 Å². The SMILES string of the molecule is CCc1nc(N2CCOCC2)n2nc(CC)nc2n1.O=S(=O)(O)O. The smallest absolute Gasteiger partial charge is 0.378 e. The summed E-state index contributed by atoms with van der Waals surface area (Å²) in [6.45, 7) is 7.20. The molecule has 0 aliphatic carbocycles. The molecule has 0 unspecified atom stereocenters. The van der Waals surface area contributed by atoms with Gasteiger partial charge in [-0.2, -0.15) is 27.9 Å². The van der Waals surface area contributed by atoms with Crippen LogP contribution in [0, 0.1) is 0 Å². The van der Waals surface area contributed by atoms with Crippen LogP contribution in [0.5, 0.6) is 0 Å². The minimum Gasteiger partial charge on any atom is -0.378 e. The van der Waals surface area contributed by atoms with Crippen LogP contribution in [0.1, 0.15) is 25.5 Å². The quantitative estimate of drug-likeness (QED) is 0.708. The van der Waals surface area contributed by atoms with Crippen LogP contribution in [0.2, 0.25) is 0 Å². The average molecular weight is 360 g/mol. The predicted octanol–water partition coefficient (Wildman–Crippen LogP) is -0.172. The van der Waals surface area contributed by atoms with E-state index in [1.807, 2.05) is 13.8 Å². The van der Waals surface area contributed by atoms with Crippen LogP contribution in [0.15, 0.2) is 0 Å². The van der Waals surface area contributed by atoms with Crippen LogP contribution in [-0.2, 0) is 28.0 Å². The number of ether oxygens (including phenoxy) is 1. The van der Waals surface area contributed by atoms with Crippen LogP contribution >= 0.6 is 0 Å². The van der Waals surface area contributed by atoms with Gasteiger partial charge in [0.1, 0.15) is 5.82 Å². The number of hydrogen-bond donors (Lipinski definition) is 2. The Morgan fingerprint density at radius 3 is 2.12 bits per heavy atom. The molecule has 0 aromatic carbocycles. The molecule has 2 N–H and O–H groups in total. The van der Waals surface area contributed by atoms with Crippen LogP contribution in [-0.4, -0.2) is 68.4 Å². The van der Waals surface area contributed by atoms with E-state index in [4.69, 9.17) is 22.3 Å². The first kappa shape index (κ1) is 18.4. The molecule has 0 atom stereocenters. The van der Waals surface area contributed by atoms with Gasteiger partial charge in [-0.25, -0.2) is 0 Å². The second-order valence-corrected chi connectivity index (χ2v) is 5.83. The van der Waals surface area contributed by atoms with Crippen molar-refractivity contribution in [1.29, 1.82) is 0 Å². The van der Waals surface area contributed by atoms with E-state index >= 15 is 0 Å². The van der Waals surface area contributed by atoms with Crippen molar-refractivity contribution in [3.63, 3.8) is 0 Å². The second-order valence-electron chi connectivity index (χ2n) is 4.93. The van der Waals surface area contributed by atoms with Crippen LogP contribution in [0.4, 0.5) is 5.95 Å². The molecule has 24 heavy (non-hydrogen) atoms. The highest BCUT2D eigenvalue weighted by atomic mass is 32.3. The molecule has 2 aromatic rings. The molecule has 0 spiro atoms. The predicted molar refractivity (Wildman–Crippen MR) is 84.5 cm³/mol. The van der Waals surface area contributed by atoms with Crippen molar-refractivity contribution in [3.05, 3.63) is 11.6 Å². The Bertz CT molecular complexity index is 779. The number of fused-ring (bicyclic) bond motifs is 1. The van der Waals surface area contributed by atoms with E-state index in [0.29, 0.717) is 5.78 Å². The molecule has 3 heterocycles. The average Bonchev–Trinajstić information content (AvgIpc) is 2.96. The zero-order chi connectivity index (χ0) is 17.7. The molecular weight excluding hydrogens is 340 g/mol. The van der Waals surface area contributed by atoms with E-state index in [0.717, 1.165) is 56.7 Å². The maximum absolute atomic E-state index is 8.74. The number of aromatic nitrogens is 5. The topological polar surface area (TPSA) is 143 Å². The summed E-state index contributed by atoms with van der Waals surface area (Å²) in [4.78, 5) is 15.7. The van der Waals surface area contributed by atoms with Gasteiger partial charge in [-0.15, -0.1) is 5.10 Å². The number of hydrogen-bond acceptors (Lipinski definition) is 8. The lowest BCUT2D eigenvalue weighted by Gasteiger charge is -2.27. The van der Waals surface area contributed by atoms with E-state index in [-0.39, 0.29) is 0 Å². The van der Waals surface area contributed by atoms with Gasteiger partial charge in [0.15, 0.2) is 5.82 Å². The van der Waals surface area contributed by atoms with Gasteiger partial charge in [-0.1, -0.05) is 13.8 Å². The zero-order valence-corrected chi connectivity index (χ0v) is 14.3. The fourth-order valence-corrected chi connectivity index (χ4v) is 2.13. The number of anilines is 1. The number of nitrogens with zero attached hydrogens (tertiary/aromatic N) is 6. The summed E-state index contributed by atoms with van der Waals surface area (Å²) in [5, 5.41) is 4.48. The fourth-order valence-electron chi connectivity index (χ4n) is 2.13. The van der Waals surface area contributed by atoms with Gasteiger partial charge in [0.25, 0.3) is 5.78 Å². The van der Waals surface area contributed by atoms with E-state index in [1.165, 1.54) is 0 Å². The number of aryl methyl sites for hydroxylation is 2. The Morgan fingerprint density at radius 1 is 1.04 bits per heavy atom. The molecule has 0 bridgehead atoms. The largest absolute Gasteiger partial charge is 0.394 e. The maximum atomic E-state index is 8.74. The molecular formula is C12H20N6O5S. The van der Waals surface area contributed by atoms with Gasteiger partial charge in [-0.3, -0.25) is 9.11 Å². The first-order chi connectivity index (χ1) is 11.3. The van der Waals surface area contributed by atoms with Gasteiger partial charge >= 0.3 is 10.4 Å². The summed E-state index contributed by atoms with van der Waals surface area (Å²) in [5.74, 6) is 3.09. The van der Waals surface area contributed by atoms with Crippen LogP contribution < -0.4 is 4.90 Å². The molecule has 3 rings (SSSR count). The van der Waals surface area contributed by atoms with Gasteiger partial charge < -0.3 is 9.64 Å². The van der Waals surface area contributed by atoms with Gasteiger partial charge in [0.2, 0.25) is 5.95 Å². The summed E-state index contributed by atoms with van der Waals surface area (Å²) >= 11 is 0. The Kier molecular flexibility index (Phi) is 5.99. The van der Waals surface area contributed by atoms with E-state index < -0.39 is 10.4 Å². The molecule has 0 radical (unpaired) electrons. The Hall–Kier alpha value is -1.89. The summed E-state index contributed by atoms with van der Waals surface area (Å²) < 4.78 is 38.7. The van der Waals surface area contributed by atoms with Crippen molar-refractivity contribution in [2.75, 3.05) is 31.2 Å². The highest BCUT2D eigenvalue weighted by Crippen LogP contribution is 2.14. The molecule has 12 heteroatoms. The van der Waals surface area contributed by atoms with Gasteiger partial charge in [0.05, 0.1) is 13.2 Å². The lowest BCUT2D eigenvalue weighted by Crippen LogP contribution is -2.38. The minimum absolute atomic E-state index is 0.644. The van der Waals surface area contributed by atoms with E-state index in [2.05, 4.69) is 25.0 Å². The first-order valence-electron chi connectivity index (χ1n) is 7.47. The summed E-state index contributed by atoms with van der Waals surface area (Å²) in [6.07, 6.45) is 1.59. The summed E-state index contributed by atoms with van der Waals surface area (Å²) in [5.41, 5.74) is 0. The fraction of sp³-hybridized carbons (Fsp3) is 0.667. The molecule has 1 saturated heterocycles. The monoisotopic (exact) mass is 360 g/mol. The van der Waals surface area contributed by atoms with Crippen molar-refractivity contribution in [1.82, 2.24) is 24.6 Å². The first-order valence-corrected chi connectivity index (χ1v) is 8.86. The van der Waals surface area contributed by atoms with Crippen molar-refractivity contribution in [2.45, 2.75) is 26.7 Å². The Morgan fingerprint density at radius 2 is 1.58 bits per heavy atom. The molecule has 0 amide bonds. The number of rotatable bonds is 3. The van der Waals surface area contributed by atoms with Gasteiger partial charge in [0, 0.05) is 25.9 Å². The highest BCUT2D eigenvalue weighted by Gasteiger charge is 2.19. The van der Waals surface area contributed by atoms with Crippen LogP contribution in [0.25, 0.3) is 5.78 Å². The molecule has 134 valence electrons. The Balaban J connectivity index is 0.000000368. The standard InChI is InChI=1S/C12H18N6O.H2O4S/c1-3-9-13-11-14-10(4-2)16-18(11)12(15-9)17-5-7-19-8-6-17;1-5(2,3)4/h3-8H2,1-2H3;(H2,1,2,3,4). The van der Waals surface area contributed by atoms with Crippen molar-refractivity contribution in [2.24, 2.45) is 0 Å². The molecule has 1 fully saturated rings. The number of morpholine rings is 1. The molecule has 0 saturated carbocycles. The molecule has 11 nitrogen and oxygen atoms in total.